The SMILES string of the molecule is CCCCNC(=O)CCC(=O)N1CCN(C(c2ccccc2)c2ccccc2)CC1.Cl. The highest BCUT2D eigenvalue weighted by Crippen LogP contribution is 2.29. The largest absolute Gasteiger partial charge is 0.356 e. The van der Waals surface area contributed by atoms with E-state index in [1.54, 1.807) is 0 Å². The summed E-state index contributed by atoms with van der Waals surface area (Å²) in [5, 5.41) is 2.88. The highest BCUT2D eigenvalue weighted by atomic mass is 35.5. The number of carbonyl (C=O) groups is 2. The maximum atomic E-state index is 12.6. The van der Waals surface area contributed by atoms with Crippen molar-refractivity contribution in [2.45, 2.75) is 38.6 Å². The Bertz CT molecular complexity index is 753. The fraction of sp³-hybridized carbons (Fsp3) is 0.440. The van der Waals surface area contributed by atoms with Gasteiger partial charge in [0.05, 0.1) is 6.04 Å². The summed E-state index contributed by atoms with van der Waals surface area (Å²) in [6.07, 6.45) is 2.60. The van der Waals surface area contributed by atoms with Crippen molar-refractivity contribution in [2.24, 2.45) is 0 Å². The summed E-state index contributed by atoms with van der Waals surface area (Å²) < 4.78 is 0. The fourth-order valence-corrected chi connectivity index (χ4v) is 3.99. The fourth-order valence-electron chi connectivity index (χ4n) is 3.99. The number of rotatable bonds is 9. The standard InChI is InChI=1S/C25H33N3O2.ClH/c1-2-3-16-26-23(29)14-15-24(30)27-17-19-28(20-18-27)25(21-10-6-4-7-11-21)22-12-8-5-9-13-22;/h4-13,25H,2-3,14-20H2,1H3,(H,26,29);1H. The van der Waals surface area contributed by atoms with Gasteiger partial charge >= 0.3 is 0 Å². The van der Waals surface area contributed by atoms with Crippen LogP contribution in [0.3, 0.4) is 0 Å². The van der Waals surface area contributed by atoms with Crippen LogP contribution < -0.4 is 5.32 Å². The van der Waals surface area contributed by atoms with E-state index in [1.807, 2.05) is 17.0 Å². The lowest BCUT2D eigenvalue weighted by atomic mass is 9.96. The number of nitrogens with one attached hydrogen (secondary N) is 1. The van der Waals surface area contributed by atoms with Crippen molar-refractivity contribution in [2.75, 3.05) is 32.7 Å². The Morgan fingerprint density at radius 1 is 0.871 bits per heavy atom. The van der Waals surface area contributed by atoms with Gasteiger partial charge in [-0.2, -0.15) is 0 Å². The predicted octanol–water partition coefficient (Wildman–Crippen LogP) is 4.04. The van der Waals surface area contributed by atoms with E-state index in [9.17, 15) is 9.59 Å². The minimum Gasteiger partial charge on any atom is -0.356 e. The van der Waals surface area contributed by atoms with Crippen LogP contribution in [0.2, 0.25) is 0 Å². The first-order valence-corrected chi connectivity index (χ1v) is 11.1. The summed E-state index contributed by atoms with van der Waals surface area (Å²) in [7, 11) is 0. The normalized spacial score (nSPS) is 14.2. The molecule has 2 aromatic carbocycles. The van der Waals surface area contributed by atoms with Gasteiger partial charge in [0.1, 0.15) is 0 Å². The zero-order valence-electron chi connectivity index (χ0n) is 18.3. The lowest BCUT2D eigenvalue weighted by Crippen LogP contribution is -2.50. The van der Waals surface area contributed by atoms with E-state index in [4.69, 9.17) is 0 Å². The predicted molar refractivity (Wildman–Crippen MR) is 127 cm³/mol. The summed E-state index contributed by atoms with van der Waals surface area (Å²) in [6.45, 7) is 5.84. The van der Waals surface area contributed by atoms with Gasteiger partial charge in [-0.15, -0.1) is 12.4 Å². The first-order chi connectivity index (χ1) is 14.7. The second-order valence-electron chi connectivity index (χ2n) is 7.84. The second kappa shape index (κ2) is 13.1. The minimum atomic E-state index is -0.0244. The Hall–Kier alpha value is -2.37. The number of hydrogen-bond donors (Lipinski definition) is 1. The van der Waals surface area contributed by atoms with Gasteiger partial charge in [0.25, 0.3) is 0 Å². The molecule has 1 fully saturated rings. The van der Waals surface area contributed by atoms with E-state index in [-0.39, 0.29) is 36.7 Å². The molecule has 168 valence electrons. The first kappa shape index (κ1) is 24.9. The van der Waals surface area contributed by atoms with Crippen LogP contribution >= 0.6 is 12.4 Å². The van der Waals surface area contributed by atoms with E-state index < -0.39 is 0 Å². The lowest BCUT2D eigenvalue weighted by molar-refractivity contribution is -0.135. The van der Waals surface area contributed by atoms with E-state index in [1.165, 1.54) is 11.1 Å². The van der Waals surface area contributed by atoms with Gasteiger partial charge in [-0.1, -0.05) is 74.0 Å². The van der Waals surface area contributed by atoms with Crippen molar-refractivity contribution >= 4 is 24.2 Å². The van der Waals surface area contributed by atoms with E-state index in [0.717, 1.165) is 25.9 Å². The van der Waals surface area contributed by atoms with Crippen LogP contribution in [0.4, 0.5) is 0 Å². The van der Waals surface area contributed by atoms with Crippen LogP contribution in [0.25, 0.3) is 0 Å². The summed E-state index contributed by atoms with van der Waals surface area (Å²) in [5.41, 5.74) is 2.54. The number of nitrogens with zero attached hydrogens (tertiary/aromatic N) is 2. The molecule has 1 heterocycles. The van der Waals surface area contributed by atoms with Crippen molar-refractivity contribution < 1.29 is 9.59 Å². The molecular weight excluding hydrogens is 410 g/mol. The highest BCUT2D eigenvalue weighted by Gasteiger charge is 2.28. The van der Waals surface area contributed by atoms with Crippen molar-refractivity contribution in [3.05, 3.63) is 71.8 Å². The van der Waals surface area contributed by atoms with Crippen molar-refractivity contribution in [1.29, 1.82) is 0 Å². The average Bonchev–Trinajstić information content (AvgIpc) is 2.80. The molecule has 6 heteroatoms. The maximum Gasteiger partial charge on any atom is 0.223 e. The van der Waals surface area contributed by atoms with Crippen LogP contribution in [0, 0.1) is 0 Å². The zero-order valence-corrected chi connectivity index (χ0v) is 19.2. The quantitative estimate of drug-likeness (QED) is 0.595. The molecule has 0 spiro atoms. The zero-order chi connectivity index (χ0) is 21.2. The summed E-state index contributed by atoms with van der Waals surface area (Å²) in [6, 6.07) is 21.3. The molecule has 1 N–H and O–H groups in total. The molecule has 5 nitrogen and oxygen atoms in total. The number of halogens is 1. The second-order valence-corrected chi connectivity index (χ2v) is 7.84. The van der Waals surface area contributed by atoms with Gasteiger partial charge in [0, 0.05) is 45.6 Å². The summed E-state index contributed by atoms with van der Waals surface area (Å²) >= 11 is 0. The van der Waals surface area contributed by atoms with Gasteiger partial charge in [-0.3, -0.25) is 14.5 Å². The maximum absolute atomic E-state index is 12.6. The molecule has 0 radical (unpaired) electrons. The number of hydrogen-bond acceptors (Lipinski definition) is 3. The number of unbranched alkanes of at least 4 members (excludes halogenated alkanes) is 1. The number of benzene rings is 2. The van der Waals surface area contributed by atoms with Gasteiger partial charge in [0.2, 0.25) is 11.8 Å². The third-order valence-electron chi connectivity index (χ3n) is 5.68. The smallest absolute Gasteiger partial charge is 0.223 e. The molecule has 1 aliphatic rings. The molecule has 0 saturated carbocycles. The van der Waals surface area contributed by atoms with Crippen molar-refractivity contribution in [3.63, 3.8) is 0 Å². The molecule has 0 aromatic heterocycles. The topological polar surface area (TPSA) is 52.7 Å². The molecular formula is C25H34ClN3O2. The third-order valence-corrected chi connectivity index (χ3v) is 5.68. The Balaban J connectivity index is 0.00000341. The van der Waals surface area contributed by atoms with Gasteiger partial charge < -0.3 is 10.2 Å². The molecule has 31 heavy (non-hydrogen) atoms. The Morgan fingerprint density at radius 2 is 1.42 bits per heavy atom. The summed E-state index contributed by atoms with van der Waals surface area (Å²) in [4.78, 5) is 28.8. The molecule has 3 rings (SSSR count). The van der Waals surface area contributed by atoms with Crippen molar-refractivity contribution in [1.82, 2.24) is 15.1 Å². The Labute approximate surface area is 192 Å². The van der Waals surface area contributed by atoms with Crippen LogP contribution in [0.15, 0.2) is 60.7 Å². The minimum absolute atomic E-state index is 0. The van der Waals surface area contributed by atoms with Gasteiger partial charge in [-0.05, 0) is 17.5 Å². The van der Waals surface area contributed by atoms with E-state index in [0.29, 0.717) is 26.1 Å². The van der Waals surface area contributed by atoms with Crippen LogP contribution in [0.5, 0.6) is 0 Å². The number of amides is 2. The van der Waals surface area contributed by atoms with Crippen LogP contribution in [0.1, 0.15) is 49.8 Å². The molecule has 2 amide bonds. The number of carbonyl (C=O) groups excluding carboxylic acids is 2. The van der Waals surface area contributed by atoms with Crippen molar-refractivity contribution in [3.8, 4) is 0 Å². The highest BCUT2D eigenvalue weighted by molar-refractivity contribution is 5.85. The van der Waals surface area contributed by atoms with Crippen LogP contribution in [-0.2, 0) is 9.59 Å². The molecule has 0 atom stereocenters. The molecule has 2 aromatic rings. The molecule has 0 unspecified atom stereocenters. The van der Waals surface area contributed by atoms with E-state index in [2.05, 4.69) is 65.7 Å². The molecule has 0 bridgehead atoms. The average molecular weight is 444 g/mol. The Morgan fingerprint density at radius 3 is 1.94 bits per heavy atom. The van der Waals surface area contributed by atoms with E-state index >= 15 is 0 Å². The lowest BCUT2D eigenvalue weighted by Gasteiger charge is -2.39. The monoisotopic (exact) mass is 443 g/mol. The first-order valence-electron chi connectivity index (χ1n) is 11.1. The number of piperazine rings is 1. The summed E-state index contributed by atoms with van der Waals surface area (Å²) in [5.74, 6) is 0.0555. The molecule has 0 aliphatic carbocycles. The molecule has 1 saturated heterocycles. The van der Waals surface area contributed by atoms with Crippen LogP contribution in [-0.4, -0.2) is 54.3 Å². The van der Waals surface area contributed by atoms with Gasteiger partial charge in [-0.25, -0.2) is 0 Å². The van der Waals surface area contributed by atoms with Gasteiger partial charge in [0.15, 0.2) is 0 Å². The molecule has 1 aliphatic heterocycles. The Kier molecular flexibility index (Phi) is 10.5. The third kappa shape index (κ3) is 7.37.